The minimum absolute atomic E-state index is 0.121. The molecule has 1 aromatic rings. The minimum Gasteiger partial charge on any atom is -0.443 e. The predicted molar refractivity (Wildman–Crippen MR) is 103 cm³/mol. The average Bonchev–Trinajstić information content (AvgIpc) is 2.90. The fraction of sp³-hybridized carbons (Fsp3) is 0.500. The van der Waals surface area contributed by atoms with E-state index < -0.39 is 41.7 Å². The molecule has 0 saturated carbocycles. The first-order valence-corrected chi connectivity index (χ1v) is 10.2. The molecule has 1 unspecified atom stereocenters. The number of hydrazine groups is 1. The number of nitrogens with one attached hydrogen (secondary N) is 2. The number of amides is 2. The molecule has 2 aliphatic rings. The SMILES string of the molecule is NS(=O)NC[C@H]1CN(c2ccc(N3CCNN(C(=O)CO)CC3)c(F)c2)C(=O)O1. The van der Waals surface area contributed by atoms with Crippen LogP contribution in [0.15, 0.2) is 18.2 Å². The zero-order chi connectivity index (χ0) is 21.0. The monoisotopic (exact) mass is 430 g/mol. The van der Waals surface area contributed by atoms with E-state index in [2.05, 4.69) is 10.1 Å². The highest BCUT2D eigenvalue weighted by Gasteiger charge is 2.33. The number of rotatable bonds is 6. The third kappa shape index (κ3) is 5.19. The molecule has 5 N–H and O–H groups in total. The second-order valence-corrected chi connectivity index (χ2v) is 7.38. The van der Waals surface area contributed by atoms with Crippen LogP contribution >= 0.6 is 0 Å². The summed E-state index contributed by atoms with van der Waals surface area (Å²) in [5.74, 6) is -0.959. The summed E-state index contributed by atoms with van der Waals surface area (Å²) in [6.07, 6.45) is -1.17. The van der Waals surface area contributed by atoms with Gasteiger partial charge in [0.15, 0.2) is 11.2 Å². The molecule has 0 radical (unpaired) electrons. The molecule has 0 aromatic heterocycles. The molecule has 0 spiro atoms. The first-order chi connectivity index (χ1) is 13.9. The number of halogens is 1. The fourth-order valence-electron chi connectivity index (χ4n) is 3.20. The van der Waals surface area contributed by atoms with Gasteiger partial charge in [0.1, 0.15) is 18.5 Å². The van der Waals surface area contributed by atoms with Crippen molar-refractivity contribution in [3.8, 4) is 0 Å². The molecule has 2 heterocycles. The summed E-state index contributed by atoms with van der Waals surface area (Å²) in [6.45, 7) is 1.23. The Hall–Kier alpha value is -2.32. The van der Waals surface area contributed by atoms with Crippen molar-refractivity contribution in [1.29, 1.82) is 0 Å². The van der Waals surface area contributed by atoms with Crippen molar-refractivity contribution < 1.29 is 28.0 Å². The van der Waals surface area contributed by atoms with Crippen LogP contribution in [-0.4, -0.2) is 78.3 Å². The Morgan fingerprint density at radius 2 is 2.21 bits per heavy atom. The van der Waals surface area contributed by atoms with Crippen molar-refractivity contribution in [2.24, 2.45) is 5.14 Å². The molecule has 2 aliphatic heterocycles. The molecule has 1 aromatic carbocycles. The van der Waals surface area contributed by atoms with Crippen molar-refractivity contribution in [1.82, 2.24) is 15.2 Å². The number of carbonyl (C=O) groups is 2. The molecule has 0 bridgehead atoms. The number of aliphatic hydroxyl groups is 1. The van der Waals surface area contributed by atoms with Crippen molar-refractivity contribution in [2.45, 2.75) is 6.10 Å². The first-order valence-electron chi connectivity index (χ1n) is 8.96. The number of hydrogen-bond donors (Lipinski definition) is 4. The Morgan fingerprint density at radius 1 is 1.41 bits per heavy atom. The van der Waals surface area contributed by atoms with Gasteiger partial charge in [0.25, 0.3) is 5.91 Å². The van der Waals surface area contributed by atoms with Crippen LogP contribution in [0.2, 0.25) is 0 Å². The van der Waals surface area contributed by atoms with Crippen molar-refractivity contribution in [2.75, 3.05) is 55.7 Å². The van der Waals surface area contributed by atoms with Gasteiger partial charge in [-0.3, -0.25) is 14.7 Å². The first kappa shape index (κ1) is 21.4. The maximum absolute atomic E-state index is 14.8. The molecule has 160 valence electrons. The summed E-state index contributed by atoms with van der Waals surface area (Å²) >= 11 is -1.71. The number of cyclic esters (lactones) is 1. The van der Waals surface area contributed by atoms with E-state index in [1.807, 2.05) is 0 Å². The Bertz CT molecular complexity index is 799. The highest BCUT2D eigenvalue weighted by molar-refractivity contribution is 7.80. The Balaban J connectivity index is 1.66. The van der Waals surface area contributed by atoms with Crippen molar-refractivity contribution in [3.05, 3.63) is 24.0 Å². The zero-order valence-electron chi connectivity index (χ0n) is 15.5. The van der Waals surface area contributed by atoms with E-state index in [1.54, 1.807) is 17.0 Å². The molecule has 2 saturated heterocycles. The van der Waals surface area contributed by atoms with Gasteiger partial charge in [0.05, 0.1) is 24.5 Å². The molecular weight excluding hydrogens is 407 g/mol. The number of hydrogen-bond acceptors (Lipinski definition) is 7. The lowest BCUT2D eigenvalue weighted by atomic mass is 10.2. The van der Waals surface area contributed by atoms with E-state index in [0.717, 1.165) is 0 Å². The smallest absolute Gasteiger partial charge is 0.414 e. The van der Waals surface area contributed by atoms with Crippen LogP contribution < -0.4 is 25.1 Å². The number of aliphatic hydroxyl groups excluding tert-OH is 1. The third-order valence-corrected chi connectivity index (χ3v) is 5.08. The fourth-order valence-corrected chi connectivity index (χ4v) is 3.55. The largest absolute Gasteiger partial charge is 0.443 e. The van der Waals surface area contributed by atoms with Crippen LogP contribution in [0, 0.1) is 5.82 Å². The summed E-state index contributed by atoms with van der Waals surface area (Å²) < 4.78 is 33.3. The van der Waals surface area contributed by atoms with Crippen LogP contribution in [0.25, 0.3) is 0 Å². The van der Waals surface area contributed by atoms with Crippen LogP contribution in [0.4, 0.5) is 20.6 Å². The Labute approximate surface area is 169 Å². The molecule has 11 nitrogen and oxygen atoms in total. The quantitative estimate of drug-likeness (QED) is 0.427. The molecule has 29 heavy (non-hydrogen) atoms. The lowest BCUT2D eigenvalue weighted by Crippen LogP contribution is -2.45. The van der Waals surface area contributed by atoms with E-state index in [-0.39, 0.29) is 19.6 Å². The number of nitrogens with two attached hydrogens (primary N) is 1. The average molecular weight is 430 g/mol. The van der Waals surface area contributed by atoms with Gasteiger partial charge in [-0.05, 0) is 18.2 Å². The Morgan fingerprint density at radius 3 is 2.90 bits per heavy atom. The van der Waals surface area contributed by atoms with E-state index in [0.29, 0.717) is 31.0 Å². The van der Waals surface area contributed by atoms with Crippen molar-refractivity contribution in [3.63, 3.8) is 0 Å². The lowest BCUT2D eigenvalue weighted by molar-refractivity contribution is -0.136. The topological polar surface area (TPSA) is 140 Å². The maximum atomic E-state index is 14.8. The molecular formula is C16H23FN6O5S. The molecule has 13 heteroatoms. The summed E-state index contributed by atoms with van der Waals surface area (Å²) in [6, 6.07) is 4.44. The van der Waals surface area contributed by atoms with Crippen molar-refractivity contribution >= 4 is 34.5 Å². The number of carbonyl (C=O) groups excluding carboxylic acids is 2. The standard InChI is InChI=1S/C16H23FN6O5S/c17-13-7-11(22-9-12(28-16(22)26)8-20-29(18)27)1-2-14(13)21-4-3-19-23(6-5-21)15(25)10-24/h1-2,7,12,19-20,24H,3-6,8-10,18H2/t12-,29?/m0/s1. The van der Waals surface area contributed by atoms with Gasteiger partial charge in [-0.1, -0.05) is 0 Å². The highest BCUT2D eigenvalue weighted by Crippen LogP contribution is 2.28. The second-order valence-electron chi connectivity index (χ2n) is 6.50. The molecule has 0 aliphatic carbocycles. The van der Waals surface area contributed by atoms with Gasteiger partial charge in [-0.15, -0.1) is 0 Å². The highest BCUT2D eigenvalue weighted by atomic mass is 32.2. The normalized spacial score (nSPS) is 21.1. The summed E-state index contributed by atoms with van der Waals surface area (Å²) in [4.78, 5) is 26.8. The lowest BCUT2D eigenvalue weighted by Gasteiger charge is -2.24. The maximum Gasteiger partial charge on any atom is 0.414 e. The van der Waals surface area contributed by atoms with E-state index in [9.17, 15) is 18.2 Å². The van der Waals surface area contributed by atoms with E-state index in [1.165, 1.54) is 16.0 Å². The Kier molecular flexibility index (Phi) is 6.97. The third-order valence-electron chi connectivity index (χ3n) is 4.63. The summed E-state index contributed by atoms with van der Waals surface area (Å²) in [5, 5.41) is 15.4. The number of nitrogens with zero attached hydrogens (tertiary/aromatic N) is 3. The van der Waals surface area contributed by atoms with Gasteiger partial charge < -0.3 is 14.7 Å². The van der Waals surface area contributed by atoms with Crippen LogP contribution in [0.1, 0.15) is 0 Å². The molecule has 2 fully saturated rings. The van der Waals surface area contributed by atoms with Gasteiger partial charge in [-0.25, -0.2) is 28.7 Å². The molecule has 2 amide bonds. The minimum atomic E-state index is -1.71. The van der Waals surface area contributed by atoms with Gasteiger partial charge >= 0.3 is 6.09 Å². The number of ether oxygens (including phenoxy) is 1. The number of benzene rings is 1. The molecule has 3 rings (SSSR count). The number of anilines is 2. The van der Waals surface area contributed by atoms with Gasteiger partial charge in [0, 0.05) is 26.2 Å². The van der Waals surface area contributed by atoms with Gasteiger partial charge in [-0.2, -0.15) is 0 Å². The van der Waals surface area contributed by atoms with Crippen LogP contribution in [-0.2, 0) is 20.7 Å². The summed E-state index contributed by atoms with van der Waals surface area (Å²) in [7, 11) is 0. The summed E-state index contributed by atoms with van der Waals surface area (Å²) in [5.41, 5.74) is 3.58. The molecule has 2 atom stereocenters. The zero-order valence-corrected chi connectivity index (χ0v) is 16.4. The predicted octanol–water partition coefficient (Wildman–Crippen LogP) is -1.58. The van der Waals surface area contributed by atoms with Gasteiger partial charge in [0.2, 0.25) is 0 Å². The van der Waals surface area contributed by atoms with E-state index in [4.69, 9.17) is 15.0 Å². The van der Waals surface area contributed by atoms with E-state index >= 15 is 0 Å². The van der Waals surface area contributed by atoms with Crippen LogP contribution in [0.3, 0.4) is 0 Å². The van der Waals surface area contributed by atoms with Crippen LogP contribution in [0.5, 0.6) is 0 Å². The second kappa shape index (κ2) is 9.45.